The predicted molar refractivity (Wildman–Crippen MR) is 187 cm³/mol. The van der Waals surface area contributed by atoms with Crippen molar-refractivity contribution in [3.8, 4) is 5.75 Å². The van der Waals surface area contributed by atoms with Crippen molar-refractivity contribution in [3.05, 3.63) is 124 Å². The number of rotatable bonds is 15. The van der Waals surface area contributed by atoms with Crippen LogP contribution in [0.15, 0.2) is 108 Å². The monoisotopic (exact) mass is 695 g/mol. The number of nitrogens with one attached hydrogen (secondary N) is 1. The molecular formula is C36H39Cl2N3O5S. The van der Waals surface area contributed by atoms with Crippen molar-refractivity contribution in [3.63, 3.8) is 0 Å². The highest BCUT2D eigenvalue weighted by Gasteiger charge is 2.34. The van der Waals surface area contributed by atoms with Crippen molar-refractivity contribution in [1.29, 1.82) is 0 Å². The quantitative estimate of drug-likeness (QED) is 0.145. The van der Waals surface area contributed by atoms with Gasteiger partial charge in [-0.1, -0.05) is 91.6 Å². The van der Waals surface area contributed by atoms with Crippen molar-refractivity contribution in [1.82, 2.24) is 10.2 Å². The highest BCUT2D eigenvalue weighted by Crippen LogP contribution is 2.28. The Morgan fingerprint density at radius 2 is 1.47 bits per heavy atom. The molecule has 0 saturated carbocycles. The van der Waals surface area contributed by atoms with Crippen molar-refractivity contribution in [2.24, 2.45) is 5.92 Å². The van der Waals surface area contributed by atoms with Gasteiger partial charge in [0.05, 0.1) is 27.2 Å². The van der Waals surface area contributed by atoms with Crippen LogP contribution in [0.1, 0.15) is 31.9 Å². The molecule has 4 aromatic rings. The Labute approximate surface area is 287 Å². The fourth-order valence-corrected chi connectivity index (χ4v) is 6.69. The van der Waals surface area contributed by atoms with Crippen LogP contribution in [0.4, 0.5) is 5.69 Å². The van der Waals surface area contributed by atoms with Gasteiger partial charge in [0, 0.05) is 19.5 Å². The van der Waals surface area contributed by atoms with E-state index in [9.17, 15) is 18.0 Å². The summed E-state index contributed by atoms with van der Waals surface area (Å²) in [6, 6.07) is 27.8. The number of benzene rings is 4. The minimum Gasteiger partial charge on any atom is -0.494 e. The molecule has 248 valence electrons. The molecule has 0 aliphatic heterocycles. The van der Waals surface area contributed by atoms with Gasteiger partial charge in [-0.2, -0.15) is 0 Å². The molecule has 1 atom stereocenters. The van der Waals surface area contributed by atoms with Crippen molar-refractivity contribution in [2.75, 3.05) is 24.0 Å². The first-order chi connectivity index (χ1) is 22.5. The van der Waals surface area contributed by atoms with Gasteiger partial charge in [0.25, 0.3) is 10.0 Å². The fourth-order valence-electron chi connectivity index (χ4n) is 4.93. The van der Waals surface area contributed by atoms with Crippen LogP contribution >= 0.6 is 23.2 Å². The summed E-state index contributed by atoms with van der Waals surface area (Å²) in [5.41, 5.74) is 1.73. The average molecular weight is 697 g/mol. The van der Waals surface area contributed by atoms with Gasteiger partial charge in [-0.3, -0.25) is 13.9 Å². The lowest BCUT2D eigenvalue weighted by atomic mass is 10.0. The van der Waals surface area contributed by atoms with Gasteiger partial charge >= 0.3 is 0 Å². The zero-order chi connectivity index (χ0) is 34.0. The maximum absolute atomic E-state index is 14.6. The normalized spacial score (nSPS) is 12.0. The molecule has 0 aromatic heterocycles. The number of carbonyl (C=O) groups excluding carboxylic acids is 2. The molecule has 0 aliphatic rings. The number of sulfonamides is 1. The fraction of sp³-hybridized carbons (Fsp3) is 0.278. The topological polar surface area (TPSA) is 96.0 Å². The van der Waals surface area contributed by atoms with Crippen LogP contribution in [0.3, 0.4) is 0 Å². The maximum atomic E-state index is 14.6. The third kappa shape index (κ3) is 9.73. The van der Waals surface area contributed by atoms with Gasteiger partial charge < -0.3 is 15.0 Å². The summed E-state index contributed by atoms with van der Waals surface area (Å²) in [5.74, 6) is -0.202. The molecule has 0 radical (unpaired) electrons. The Hall–Kier alpha value is -4.05. The molecule has 1 unspecified atom stereocenters. The Bertz CT molecular complexity index is 1740. The molecular weight excluding hydrogens is 657 g/mol. The standard InChI is InChI=1S/C36H39Cl2N3O5S/c1-4-46-30-18-16-29(17-19-30)41(47(44,45)31-13-9-6-10-14-31)25-35(42)40(24-28-15-20-32(37)33(38)21-28)34(36(43)39-23-26(2)3)22-27-11-7-5-8-12-27/h5-21,26,34H,4,22-25H2,1-3H3,(H,39,43). The highest BCUT2D eigenvalue weighted by molar-refractivity contribution is 7.92. The van der Waals surface area contributed by atoms with Gasteiger partial charge in [-0.15, -0.1) is 0 Å². The number of anilines is 1. The molecule has 0 heterocycles. The summed E-state index contributed by atoms with van der Waals surface area (Å²) < 4.78 is 34.9. The van der Waals surface area contributed by atoms with Crippen molar-refractivity contribution >= 4 is 50.7 Å². The second kappa shape index (κ2) is 16.7. The molecule has 0 bridgehead atoms. The van der Waals surface area contributed by atoms with Crippen LogP contribution in [-0.2, 0) is 32.6 Å². The summed E-state index contributed by atoms with van der Waals surface area (Å²) >= 11 is 12.5. The summed E-state index contributed by atoms with van der Waals surface area (Å²) in [4.78, 5) is 29.9. The predicted octanol–water partition coefficient (Wildman–Crippen LogP) is 7.00. The molecule has 47 heavy (non-hydrogen) atoms. The van der Waals surface area contributed by atoms with E-state index in [1.165, 1.54) is 17.0 Å². The number of carbonyl (C=O) groups is 2. The first-order valence-electron chi connectivity index (χ1n) is 15.3. The Balaban J connectivity index is 1.80. The maximum Gasteiger partial charge on any atom is 0.264 e. The van der Waals surface area contributed by atoms with Gasteiger partial charge in [0.1, 0.15) is 18.3 Å². The summed E-state index contributed by atoms with van der Waals surface area (Å²) in [7, 11) is -4.21. The minimum atomic E-state index is -4.21. The second-order valence-corrected chi connectivity index (χ2v) is 14.0. The molecule has 0 aliphatic carbocycles. The lowest BCUT2D eigenvalue weighted by molar-refractivity contribution is -0.140. The number of halogens is 2. The van der Waals surface area contributed by atoms with Crippen LogP contribution in [0.5, 0.6) is 5.75 Å². The summed E-state index contributed by atoms with van der Waals surface area (Å²) in [6.45, 7) is 6.06. The van der Waals surface area contributed by atoms with E-state index in [1.807, 2.05) is 51.1 Å². The smallest absolute Gasteiger partial charge is 0.264 e. The van der Waals surface area contributed by atoms with Crippen molar-refractivity contribution < 1.29 is 22.7 Å². The summed E-state index contributed by atoms with van der Waals surface area (Å²) in [5, 5.41) is 3.62. The molecule has 2 amide bonds. The van der Waals surface area contributed by atoms with E-state index in [1.54, 1.807) is 60.7 Å². The van der Waals surface area contributed by atoms with Gasteiger partial charge in [0.15, 0.2) is 0 Å². The summed E-state index contributed by atoms with van der Waals surface area (Å²) in [6.07, 6.45) is 0.201. The van der Waals surface area contributed by atoms with E-state index in [0.717, 1.165) is 9.87 Å². The van der Waals surface area contributed by atoms with Crippen LogP contribution in [0.2, 0.25) is 10.0 Å². The lowest BCUT2D eigenvalue weighted by Crippen LogP contribution is -2.53. The highest BCUT2D eigenvalue weighted by atomic mass is 35.5. The average Bonchev–Trinajstić information content (AvgIpc) is 3.07. The van der Waals surface area contributed by atoms with Crippen molar-refractivity contribution in [2.45, 2.75) is 44.7 Å². The van der Waals surface area contributed by atoms with E-state index < -0.39 is 28.5 Å². The van der Waals surface area contributed by atoms with Crippen LogP contribution in [-0.4, -0.2) is 50.9 Å². The van der Waals surface area contributed by atoms with E-state index in [2.05, 4.69) is 5.32 Å². The molecule has 0 saturated heterocycles. The Morgan fingerprint density at radius 1 is 0.830 bits per heavy atom. The second-order valence-electron chi connectivity index (χ2n) is 11.4. The molecule has 0 spiro atoms. The van der Waals surface area contributed by atoms with Gasteiger partial charge in [-0.25, -0.2) is 8.42 Å². The first-order valence-corrected chi connectivity index (χ1v) is 17.5. The number of amides is 2. The largest absolute Gasteiger partial charge is 0.494 e. The molecule has 4 aromatic carbocycles. The third-order valence-electron chi connectivity index (χ3n) is 7.34. The number of hydrogen-bond donors (Lipinski definition) is 1. The molecule has 8 nitrogen and oxygen atoms in total. The number of hydrogen-bond acceptors (Lipinski definition) is 5. The minimum absolute atomic E-state index is 0.0215. The van der Waals surface area contributed by atoms with E-state index in [4.69, 9.17) is 27.9 Å². The third-order valence-corrected chi connectivity index (χ3v) is 9.87. The Kier molecular flexibility index (Phi) is 12.7. The number of ether oxygens (including phenoxy) is 1. The van der Waals surface area contributed by atoms with E-state index in [0.29, 0.717) is 34.5 Å². The Morgan fingerprint density at radius 3 is 2.06 bits per heavy atom. The van der Waals surface area contributed by atoms with Crippen LogP contribution < -0.4 is 14.4 Å². The molecule has 1 N–H and O–H groups in total. The van der Waals surface area contributed by atoms with Gasteiger partial charge in [0.2, 0.25) is 11.8 Å². The van der Waals surface area contributed by atoms with Crippen LogP contribution in [0.25, 0.3) is 0 Å². The molecule has 4 rings (SSSR count). The van der Waals surface area contributed by atoms with E-state index >= 15 is 0 Å². The molecule has 0 fully saturated rings. The SMILES string of the molecule is CCOc1ccc(N(CC(=O)N(Cc2ccc(Cl)c(Cl)c2)C(Cc2ccccc2)C(=O)NCC(C)C)S(=O)(=O)c2ccccc2)cc1. The molecule has 11 heteroatoms. The van der Waals surface area contributed by atoms with Gasteiger partial charge in [-0.05, 0) is 72.5 Å². The zero-order valence-corrected chi connectivity index (χ0v) is 28.9. The first kappa shape index (κ1) is 35.8. The van der Waals surface area contributed by atoms with Crippen LogP contribution in [0, 0.1) is 5.92 Å². The number of nitrogens with zero attached hydrogens (tertiary/aromatic N) is 2. The zero-order valence-electron chi connectivity index (χ0n) is 26.6. The van der Waals surface area contributed by atoms with E-state index in [-0.39, 0.29) is 35.4 Å². The lowest BCUT2D eigenvalue weighted by Gasteiger charge is -2.34.